The van der Waals surface area contributed by atoms with Gasteiger partial charge >= 0.3 is 6.09 Å². The lowest BCUT2D eigenvalue weighted by Gasteiger charge is -2.22. The minimum atomic E-state index is -0.523. The Balaban J connectivity index is 1.49. The van der Waals surface area contributed by atoms with Gasteiger partial charge in [0.1, 0.15) is 11.4 Å². The molecule has 8 nitrogen and oxygen atoms in total. The molecular formula is C26H30BrN5O3. The second kappa shape index (κ2) is 10.2. The van der Waals surface area contributed by atoms with E-state index in [0.29, 0.717) is 18.5 Å². The van der Waals surface area contributed by atoms with Gasteiger partial charge in [0.25, 0.3) is 0 Å². The number of ether oxygens (including phenoxy) is 1. The molecule has 3 heterocycles. The summed E-state index contributed by atoms with van der Waals surface area (Å²) in [4.78, 5) is 35.9. The molecule has 35 heavy (non-hydrogen) atoms. The second-order valence-corrected chi connectivity index (χ2v) is 10.5. The predicted molar refractivity (Wildman–Crippen MR) is 142 cm³/mol. The van der Waals surface area contributed by atoms with Crippen molar-refractivity contribution in [1.29, 1.82) is 0 Å². The van der Waals surface area contributed by atoms with Crippen LogP contribution in [-0.4, -0.2) is 46.6 Å². The molecular weight excluding hydrogens is 510 g/mol. The van der Waals surface area contributed by atoms with Crippen LogP contribution in [0.15, 0.2) is 47.2 Å². The molecule has 1 atom stereocenters. The molecule has 9 heteroatoms. The number of benzene rings is 1. The standard InChI is InChI=1S/C26H30BrN5O3/c1-5-22(33)20-14-28-21-8-6-16(27)12-19(21)24(20)30-17-7-9-23(29-13-17)32-11-10-18(15-32)31-25(34)35-26(2,3)4/h6-9,12-14,18H,5,10-11,15H2,1-4H3,(H,28,30)(H,31,34). The van der Waals surface area contributed by atoms with Gasteiger partial charge in [-0.1, -0.05) is 22.9 Å². The summed E-state index contributed by atoms with van der Waals surface area (Å²) in [6, 6.07) is 9.70. The summed E-state index contributed by atoms with van der Waals surface area (Å²) in [5, 5.41) is 7.19. The number of rotatable bonds is 6. The molecule has 1 aliphatic rings. The number of anilines is 3. The number of carbonyl (C=O) groups is 2. The molecule has 1 unspecified atom stereocenters. The van der Waals surface area contributed by atoms with Crippen LogP contribution in [0.2, 0.25) is 0 Å². The van der Waals surface area contributed by atoms with Crippen LogP contribution in [0.3, 0.4) is 0 Å². The lowest BCUT2D eigenvalue weighted by Crippen LogP contribution is -2.40. The highest BCUT2D eigenvalue weighted by atomic mass is 79.9. The number of hydrogen-bond acceptors (Lipinski definition) is 7. The number of nitrogens with zero attached hydrogens (tertiary/aromatic N) is 3. The summed E-state index contributed by atoms with van der Waals surface area (Å²) in [6.07, 6.45) is 4.20. The van der Waals surface area contributed by atoms with E-state index >= 15 is 0 Å². The van der Waals surface area contributed by atoms with Crippen LogP contribution in [0.5, 0.6) is 0 Å². The van der Waals surface area contributed by atoms with Crippen molar-refractivity contribution in [3.05, 3.63) is 52.8 Å². The Hall–Kier alpha value is -3.20. The van der Waals surface area contributed by atoms with Crippen molar-refractivity contribution in [3.63, 3.8) is 0 Å². The van der Waals surface area contributed by atoms with E-state index in [-0.39, 0.29) is 11.8 Å². The summed E-state index contributed by atoms with van der Waals surface area (Å²) in [6.45, 7) is 8.84. The number of aromatic nitrogens is 2. The topological polar surface area (TPSA) is 96.5 Å². The zero-order chi connectivity index (χ0) is 25.2. The molecule has 0 aliphatic carbocycles. The normalized spacial score (nSPS) is 15.8. The van der Waals surface area contributed by atoms with Gasteiger partial charge in [-0.3, -0.25) is 9.78 Å². The zero-order valence-electron chi connectivity index (χ0n) is 20.4. The Labute approximate surface area is 213 Å². The molecule has 2 N–H and O–H groups in total. The fourth-order valence-electron chi connectivity index (χ4n) is 4.05. The van der Waals surface area contributed by atoms with Gasteiger partial charge in [0, 0.05) is 35.6 Å². The van der Waals surface area contributed by atoms with Gasteiger partial charge in [-0.15, -0.1) is 0 Å². The molecule has 0 radical (unpaired) electrons. The number of nitrogens with one attached hydrogen (secondary N) is 2. The molecule has 1 fully saturated rings. The fraction of sp³-hybridized carbons (Fsp3) is 0.385. The van der Waals surface area contributed by atoms with Crippen molar-refractivity contribution >= 4 is 55.9 Å². The van der Waals surface area contributed by atoms with E-state index in [1.807, 2.05) is 58.0 Å². The van der Waals surface area contributed by atoms with Crippen molar-refractivity contribution in [3.8, 4) is 0 Å². The Morgan fingerprint density at radius 1 is 1.17 bits per heavy atom. The third-order valence-corrected chi connectivity index (χ3v) is 6.20. The number of alkyl carbamates (subject to hydrolysis) is 1. The second-order valence-electron chi connectivity index (χ2n) is 9.59. The highest BCUT2D eigenvalue weighted by Gasteiger charge is 2.27. The molecule has 0 spiro atoms. The summed E-state index contributed by atoms with van der Waals surface area (Å²) in [5.74, 6) is 0.850. The summed E-state index contributed by atoms with van der Waals surface area (Å²) >= 11 is 3.52. The first-order valence-electron chi connectivity index (χ1n) is 11.7. The van der Waals surface area contributed by atoms with Crippen molar-refractivity contribution in [2.45, 2.75) is 52.2 Å². The van der Waals surface area contributed by atoms with Gasteiger partial charge in [0.05, 0.1) is 34.7 Å². The maximum absolute atomic E-state index is 12.6. The van der Waals surface area contributed by atoms with Crippen molar-refractivity contribution in [2.24, 2.45) is 0 Å². The lowest BCUT2D eigenvalue weighted by molar-refractivity contribution is 0.0509. The third kappa shape index (κ3) is 6.08. The van der Waals surface area contributed by atoms with E-state index in [1.54, 1.807) is 12.4 Å². The van der Waals surface area contributed by atoms with E-state index in [9.17, 15) is 9.59 Å². The molecule has 3 aromatic rings. The van der Waals surface area contributed by atoms with E-state index in [2.05, 4.69) is 41.4 Å². The number of carbonyl (C=O) groups excluding carboxylic acids is 2. The van der Waals surface area contributed by atoms with E-state index in [4.69, 9.17) is 4.74 Å². The molecule has 1 aliphatic heterocycles. The maximum atomic E-state index is 12.6. The Morgan fingerprint density at radius 2 is 1.97 bits per heavy atom. The quantitative estimate of drug-likeness (QED) is 0.380. The largest absolute Gasteiger partial charge is 0.444 e. The maximum Gasteiger partial charge on any atom is 0.407 e. The third-order valence-electron chi connectivity index (χ3n) is 5.70. The Bertz CT molecular complexity index is 1240. The number of hydrogen-bond donors (Lipinski definition) is 2. The van der Waals surface area contributed by atoms with Crippen molar-refractivity contribution in [1.82, 2.24) is 15.3 Å². The van der Waals surface area contributed by atoms with E-state index in [0.717, 1.165) is 45.5 Å². The van der Waals surface area contributed by atoms with Crippen LogP contribution >= 0.6 is 15.9 Å². The predicted octanol–water partition coefficient (Wildman–Crippen LogP) is 5.83. The number of fused-ring (bicyclic) bond motifs is 1. The van der Waals surface area contributed by atoms with E-state index < -0.39 is 11.7 Å². The van der Waals surface area contributed by atoms with Gasteiger partial charge in [-0.05, 0) is 57.5 Å². The summed E-state index contributed by atoms with van der Waals surface area (Å²) in [7, 11) is 0. The Morgan fingerprint density at radius 3 is 2.66 bits per heavy atom. The number of halogens is 1. The van der Waals surface area contributed by atoms with Gasteiger partial charge in [-0.2, -0.15) is 0 Å². The smallest absolute Gasteiger partial charge is 0.407 e. The van der Waals surface area contributed by atoms with Crippen LogP contribution in [0.1, 0.15) is 50.9 Å². The monoisotopic (exact) mass is 539 g/mol. The minimum Gasteiger partial charge on any atom is -0.444 e. The first-order chi connectivity index (χ1) is 16.6. The Kier molecular flexibility index (Phi) is 7.25. The van der Waals surface area contributed by atoms with Crippen LogP contribution in [-0.2, 0) is 4.74 Å². The number of pyridine rings is 2. The average Bonchev–Trinajstić information content (AvgIpc) is 3.26. The summed E-state index contributed by atoms with van der Waals surface area (Å²) < 4.78 is 6.27. The molecule has 1 amide bonds. The fourth-order valence-corrected chi connectivity index (χ4v) is 4.41. The van der Waals surface area contributed by atoms with Gasteiger partial charge in [-0.25, -0.2) is 9.78 Å². The van der Waals surface area contributed by atoms with E-state index in [1.165, 1.54) is 0 Å². The van der Waals surface area contributed by atoms with Gasteiger partial charge in [0.15, 0.2) is 5.78 Å². The van der Waals surface area contributed by atoms with Crippen molar-refractivity contribution in [2.75, 3.05) is 23.3 Å². The van der Waals surface area contributed by atoms with Gasteiger partial charge in [0.2, 0.25) is 0 Å². The summed E-state index contributed by atoms with van der Waals surface area (Å²) in [5.41, 5.74) is 2.32. The number of Topliss-reactive ketones (excluding diaryl/α,β-unsaturated/α-hetero) is 1. The molecule has 2 aromatic heterocycles. The molecule has 1 aromatic carbocycles. The van der Waals surface area contributed by atoms with Crippen LogP contribution < -0.4 is 15.5 Å². The molecule has 4 rings (SSSR count). The van der Waals surface area contributed by atoms with Crippen molar-refractivity contribution < 1.29 is 14.3 Å². The van der Waals surface area contributed by atoms with Crippen LogP contribution in [0, 0.1) is 0 Å². The molecule has 0 bridgehead atoms. The van der Waals surface area contributed by atoms with Crippen LogP contribution in [0.25, 0.3) is 10.9 Å². The molecule has 184 valence electrons. The molecule has 1 saturated heterocycles. The van der Waals surface area contributed by atoms with Gasteiger partial charge < -0.3 is 20.3 Å². The first kappa shape index (κ1) is 24.9. The highest BCUT2D eigenvalue weighted by Crippen LogP contribution is 2.32. The SMILES string of the molecule is CCC(=O)c1cnc2ccc(Br)cc2c1Nc1ccc(N2CCC(NC(=O)OC(C)(C)C)C2)nc1. The zero-order valence-corrected chi connectivity index (χ0v) is 22.0. The molecule has 0 saturated carbocycles. The number of amides is 1. The minimum absolute atomic E-state index is 0.00805. The number of ketones is 1. The van der Waals surface area contributed by atoms with Crippen LogP contribution in [0.4, 0.5) is 22.0 Å². The first-order valence-corrected chi connectivity index (χ1v) is 12.5. The average molecular weight is 540 g/mol. The highest BCUT2D eigenvalue weighted by molar-refractivity contribution is 9.10. The lowest BCUT2D eigenvalue weighted by atomic mass is 10.0.